The molecule has 0 aliphatic carbocycles. The smallest absolute Gasteiger partial charge is 0.314 e. The number of hydrogen-bond acceptors (Lipinski definition) is 6. The van der Waals surface area contributed by atoms with Crippen molar-refractivity contribution >= 4 is 23.5 Å². The van der Waals surface area contributed by atoms with Crippen LogP contribution >= 0.6 is 11.6 Å². The number of aromatic nitrogens is 1. The maximum atomic E-state index is 11.6. The summed E-state index contributed by atoms with van der Waals surface area (Å²) >= 11 is 6.19. The average molecular weight is 339 g/mol. The van der Waals surface area contributed by atoms with Crippen molar-refractivity contribution in [2.24, 2.45) is 9.98 Å². The van der Waals surface area contributed by atoms with E-state index < -0.39 is 0 Å². The van der Waals surface area contributed by atoms with Gasteiger partial charge in [0.1, 0.15) is 17.9 Å². The molecule has 23 heavy (non-hydrogen) atoms. The van der Waals surface area contributed by atoms with Crippen LogP contribution in [0, 0.1) is 0 Å². The Hall–Kier alpha value is -1.86. The third-order valence-corrected chi connectivity index (χ3v) is 3.92. The summed E-state index contributed by atoms with van der Waals surface area (Å²) in [6, 6.07) is 5.31. The molecule has 0 aromatic carbocycles. The van der Waals surface area contributed by atoms with Crippen molar-refractivity contribution in [3.63, 3.8) is 0 Å². The van der Waals surface area contributed by atoms with Crippen molar-refractivity contribution in [3.8, 4) is 0 Å². The average Bonchev–Trinajstić information content (AvgIpc) is 2.57. The Labute approximate surface area is 139 Å². The van der Waals surface area contributed by atoms with E-state index in [1.807, 2.05) is 6.07 Å². The van der Waals surface area contributed by atoms with Gasteiger partial charge >= 0.3 is 6.02 Å². The first kappa shape index (κ1) is 16.0. The van der Waals surface area contributed by atoms with Crippen LogP contribution in [0.4, 0.5) is 0 Å². The van der Waals surface area contributed by atoms with Crippen LogP contribution in [0.25, 0.3) is 0 Å². The second kappa shape index (κ2) is 7.61. The first-order chi connectivity index (χ1) is 11.2. The first-order valence-corrected chi connectivity index (χ1v) is 8.06. The highest BCUT2D eigenvalue weighted by molar-refractivity contribution is 6.23. The molecule has 1 aromatic rings. The maximum absolute atomic E-state index is 11.6. The highest BCUT2D eigenvalue weighted by atomic mass is 35.5. The minimum atomic E-state index is -0.375. The Morgan fingerprint density at radius 2 is 2.17 bits per heavy atom. The van der Waals surface area contributed by atoms with E-state index >= 15 is 0 Å². The number of rotatable bonds is 3. The Balaban J connectivity index is 1.59. The molecule has 7 nitrogen and oxygen atoms in total. The molecule has 8 heteroatoms. The van der Waals surface area contributed by atoms with Crippen LogP contribution in [-0.2, 0) is 16.0 Å². The zero-order valence-electron chi connectivity index (χ0n) is 12.7. The molecule has 0 radical (unpaired) electrons. The van der Waals surface area contributed by atoms with Crippen molar-refractivity contribution in [2.45, 2.75) is 18.5 Å². The molecule has 1 aromatic heterocycles. The molecule has 2 aliphatic heterocycles. The van der Waals surface area contributed by atoms with Crippen molar-refractivity contribution < 1.29 is 9.47 Å². The Morgan fingerprint density at radius 3 is 2.96 bits per heavy atom. The molecule has 0 spiro atoms. The topological polar surface area (TPSA) is 68.4 Å². The molecule has 2 aliphatic rings. The quantitative estimate of drug-likeness (QED) is 0.607. The predicted molar refractivity (Wildman–Crippen MR) is 88.2 cm³/mol. The fourth-order valence-electron chi connectivity index (χ4n) is 2.47. The summed E-state index contributed by atoms with van der Waals surface area (Å²) in [5, 5.41) is 0. The lowest BCUT2D eigenvalue weighted by Crippen LogP contribution is -2.43. The Morgan fingerprint density at radius 1 is 1.35 bits per heavy atom. The van der Waals surface area contributed by atoms with Gasteiger partial charge in [-0.1, -0.05) is 17.7 Å². The lowest BCUT2D eigenvalue weighted by atomic mass is 10.3. The molecule has 1 saturated heterocycles. The number of amidine groups is 2. The normalized spacial score (nSPS) is 21.6. The van der Waals surface area contributed by atoms with E-state index in [-0.39, 0.29) is 17.1 Å². The van der Waals surface area contributed by atoms with Gasteiger partial charge in [0.2, 0.25) is 0 Å². The van der Waals surface area contributed by atoms with Crippen LogP contribution in [0.15, 0.2) is 39.2 Å². The van der Waals surface area contributed by atoms with Gasteiger partial charge in [-0.25, -0.2) is 4.99 Å². The number of halogens is 1. The van der Waals surface area contributed by atoms with Crippen molar-refractivity contribution in [1.29, 1.82) is 0 Å². The van der Waals surface area contributed by atoms with Crippen molar-refractivity contribution in [2.75, 3.05) is 32.9 Å². The summed E-state index contributed by atoms with van der Waals surface area (Å²) in [6.07, 6.45) is 2.31. The second-order valence-corrected chi connectivity index (χ2v) is 5.76. The fraction of sp³-hybridized carbons (Fsp3) is 0.533. The van der Waals surface area contributed by atoms with E-state index in [9.17, 15) is 4.79 Å². The molecular weight excluding hydrogens is 320 g/mol. The van der Waals surface area contributed by atoms with E-state index in [4.69, 9.17) is 21.1 Å². The van der Waals surface area contributed by atoms with Gasteiger partial charge in [0.25, 0.3) is 5.56 Å². The van der Waals surface area contributed by atoms with Gasteiger partial charge in [-0.3, -0.25) is 4.79 Å². The number of morpholine rings is 1. The minimum absolute atomic E-state index is 0.0607. The third kappa shape index (κ3) is 4.33. The van der Waals surface area contributed by atoms with E-state index in [0.29, 0.717) is 32.8 Å². The zero-order chi connectivity index (χ0) is 16.1. The SMILES string of the molecule is O=c1ccccn1CCOC1=NC(Cl)CC(N2CCOCC2)=N1. The molecule has 0 saturated carbocycles. The number of alkyl halides is 1. The molecule has 3 heterocycles. The van der Waals surface area contributed by atoms with Gasteiger partial charge in [-0.2, -0.15) is 4.99 Å². The Bertz CT molecular complexity index is 652. The third-order valence-electron chi connectivity index (χ3n) is 3.66. The minimum Gasteiger partial charge on any atom is -0.462 e. The maximum Gasteiger partial charge on any atom is 0.314 e. The Kier molecular flexibility index (Phi) is 5.30. The molecule has 1 unspecified atom stereocenters. The summed E-state index contributed by atoms with van der Waals surface area (Å²) < 4.78 is 12.5. The largest absolute Gasteiger partial charge is 0.462 e. The van der Waals surface area contributed by atoms with Crippen LogP contribution in [0.3, 0.4) is 0 Å². The lowest BCUT2D eigenvalue weighted by Gasteiger charge is -2.31. The number of pyridine rings is 1. The van der Waals surface area contributed by atoms with E-state index in [1.54, 1.807) is 16.8 Å². The van der Waals surface area contributed by atoms with Gasteiger partial charge in [0.05, 0.1) is 19.8 Å². The first-order valence-electron chi connectivity index (χ1n) is 7.63. The molecule has 0 N–H and O–H groups in total. The van der Waals surface area contributed by atoms with E-state index in [1.165, 1.54) is 6.07 Å². The highest BCUT2D eigenvalue weighted by Gasteiger charge is 2.23. The predicted octanol–water partition coefficient (Wildman–Crippen LogP) is 0.920. The summed E-state index contributed by atoms with van der Waals surface area (Å²) in [6.45, 7) is 3.73. The standard InChI is InChI=1S/C15H19ClN4O3/c16-12-11-13(19-5-8-22-9-6-19)18-15(17-12)23-10-7-20-4-2-1-3-14(20)21/h1-4,12H,5-11H2. The van der Waals surface area contributed by atoms with Gasteiger partial charge in [0, 0.05) is 31.8 Å². The van der Waals surface area contributed by atoms with Crippen LogP contribution in [0.1, 0.15) is 6.42 Å². The van der Waals surface area contributed by atoms with Gasteiger partial charge in [-0.05, 0) is 6.07 Å². The van der Waals surface area contributed by atoms with Crippen LogP contribution in [0.2, 0.25) is 0 Å². The molecule has 0 bridgehead atoms. The number of aliphatic imine (C=N–C) groups is 2. The summed E-state index contributed by atoms with van der Waals surface area (Å²) in [5.41, 5.74) is -0.436. The summed E-state index contributed by atoms with van der Waals surface area (Å²) in [7, 11) is 0. The van der Waals surface area contributed by atoms with Gasteiger partial charge < -0.3 is 18.9 Å². The van der Waals surface area contributed by atoms with E-state index in [2.05, 4.69) is 14.9 Å². The zero-order valence-corrected chi connectivity index (χ0v) is 13.5. The molecule has 0 amide bonds. The number of ether oxygens (including phenoxy) is 2. The lowest BCUT2D eigenvalue weighted by molar-refractivity contribution is 0.0670. The van der Waals surface area contributed by atoms with Crippen LogP contribution in [0.5, 0.6) is 0 Å². The monoisotopic (exact) mass is 338 g/mol. The van der Waals surface area contributed by atoms with Crippen LogP contribution in [-0.4, -0.2) is 59.7 Å². The highest BCUT2D eigenvalue weighted by Crippen LogP contribution is 2.15. The molecule has 1 atom stereocenters. The molecule has 124 valence electrons. The van der Waals surface area contributed by atoms with Gasteiger partial charge in [0.15, 0.2) is 0 Å². The molecule has 1 fully saturated rings. The molecular formula is C15H19ClN4O3. The number of hydrogen-bond donors (Lipinski definition) is 0. The van der Waals surface area contributed by atoms with Crippen molar-refractivity contribution in [3.05, 3.63) is 34.7 Å². The number of nitrogens with zero attached hydrogens (tertiary/aromatic N) is 4. The fourth-order valence-corrected chi connectivity index (χ4v) is 2.69. The molecule has 3 rings (SSSR count). The van der Waals surface area contributed by atoms with Crippen molar-refractivity contribution in [1.82, 2.24) is 9.47 Å². The van der Waals surface area contributed by atoms with Gasteiger partial charge in [-0.15, -0.1) is 0 Å². The second-order valence-electron chi connectivity index (χ2n) is 5.26. The summed E-state index contributed by atoms with van der Waals surface area (Å²) in [4.78, 5) is 22.4. The summed E-state index contributed by atoms with van der Waals surface area (Å²) in [5.74, 6) is 0.884. The van der Waals surface area contributed by atoms with E-state index in [0.717, 1.165) is 18.9 Å². The van der Waals surface area contributed by atoms with Crippen LogP contribution < -0.4 is 5.56 Å².